The van der Waals surface area contributed by atoms with E-state index in [0.717, 1.165) is 6.07 Å². The molecule has 0 atom stereocenters. The number of nitrogens with zero attached hydrogens (tertiary/aromatic N) is 1. The number of rotatable bonds is 8. The third kappa shape index (κ3) is 6.01. The fraction of sp³-hybridized carbons (Fsp3) is 0.125. The number of carbonyl (C=O) groups excluding carboxylic acids is 2. The molecular formula is C24H22N2O7. The lowest BCUT2D eigenvalue weighted by Gasteiger charge is -2.11. The zero-order valence-corrected chi connectivity index (χ0v) is 17.9. The quantitative estimate of drug-likeness (QED) is 0.207. The largest absolute Gasteiger partial charge is 0.508 e. The first kappa shape index (κ1) is 23.1. The predicted octanol–water partition coefficient (Wildman–Crippen LogP) is 3.49. The van der Waals surface area contributed by atoms with E-state index < -0.39 is 11.9 Å². The van der Waals surface area contributed by atoms with E-state index in [1.807, 2.05) is 0 Å². The summed E-state index contributed by atoms with van der Waals surface area (Å²) in [5.74, 6) is -0.565. The molecule has 0 saturated heterocycles. The number of phenols is 2. The van der Waals surface area contributed by atoms with Gasteiger partial charge in [-0.1, -0.05) is 0 Å². The molecule has 0 saturated carbocycles. The second-order valence-electron chi connectivity index (χ2n) is 6.66. The van der Waals surface area contributed by atoms with Gasteiger partial charge in [-0.3, -0.25) is 4.79 Å². The number of aromatic hydroxyl groups is 2. The summed E-state index contributed by atoms with van der Waals surface area (Å²) >= 11 is 0. The van der Waals surface area contributed by atoms with Crippen LogP contribution in [0.4, 0.5) is 0 Å². The fourth-order valence-corrected chi connectivity index (χ4v) is 2.78. The van der Waals surface area contributed by atoms with Crippen molar-refractivity contribution in [2.75, 3.05) is 13.7 Å². The molecule has 0 aliphatic rings. The molecule has 0 unspecified atom stereocenters. The lowest BCUT2D eigenvalue weighted by Crippen LogP contribution is -2.17. The van der Waals surface area contributed by atoms with Gasteiger partial charge >= 0.3 is 5.97 Å². The number of ether oxygens (including phenoxy) is 3. The van der Waals surface area contributed by atoms with Crippen LogP contribution in [0, 0.1) is 0 Å². The van der Waals surface area contributed by atoms with Gasteiger partial charge in [-0.05, 0) is 67.1 Å². The maximum atomic E-state index is 12.5. The van der Waals surface area contributed by atoms with Crippen molar-refractivity contribution in [1.29, 1.82) is 0 Å². The van der Waals surface area contributed by atoms with E-state index in [1.54, 1.807) is 49.4 Å². The zero-order chi connectivity index (χ0) is 23.8. The number of phenolic OH excluding ortho intramolecular Hbond substituents is 2. The second kappa shape index (κ2) is 10.7. The minimum Gasteiger partial charge on any atom is -0.508 e. The van der Waals surface area contributed by atoms with Gasteiger partial charge in [0.2, 0.25) is 0 Å². The van der Waals surface area contributed by atoms with Crippen LogP contribution >= 0.6 is 0 Å². The van der Waals surface area contributed by atoms with Gasteiger partial charge in [0.15, 0.2) is 11.5 Å². The van der Waals surface area contributed by atoms with E-state index in [9.17, 15) is 19.8 Å². The molecule has 0 aliphatic heterocycles. The van der Waals surface area contributed by atoms with Crippen LogP contribution in [0.3, 0.4) is 0 Å². The van der Waals surface area contributed by atoms with Crippen LogP contribution < -0.4 is 19.6 Å². The highest BCUT2D eigenvalue weighted by Crippen LogP contribution is 2.29. The molecule has 0 spiro atoms. The van der Waals surface area contributed by atoms with Crippen molar-refractivity contribution in [3.63, 3.8) is 0 Å². The Morgan fingerprint density at radius 1 is 1.00 bits per heavy atom. The highest BCUT2D eigenvalue weighted by molar-refractivity contribution is 5.97. The number of carbonyl (C=O) groups is 2. The second-order valence-corrected chi connectivity index (χ2v) is 6.66. The molecule has 170 valence electrons. The Kier molecular flexibility index (Phi) is 7.48. The molecule has 3 N–H and O–H groups in total. The number of amides is 1. The maximum absolute atomic E-state index is 12.5. The van der Waals surface area contributed by atoms with Crippen molar-refractivity contribution in [2.45, 2.75) is 6.92 Å². The fourth-order valence-electron chi connectivity index (χ4n) is 2.78. The summed E-state index contributed by atoms with van der Waals surface area (Å²) in [5.41, 5.74) is 3.17. The summed E-state index contributed by atoms with van der Waals surface area (Å²) in [5, 5.41) is 22.9. The van der Waals surface area contributed by atoms with Crippen molar-refractivity contribution in [2.24, 2.45) is 5.10 Å². The van der Waals surface area contributed by atoms with Gasteiger partial charge < -0.3 is 24.4 Å². The van der Waals surface area contributed by atoms with Crippen LogP contribution in [0.15, 0.2) is 65.8 Å². The highest BCUT2D eigenvalue weighted by atomic mass is 16.6. The van der Waals surface area contributed by atoms with Crippen molar-refractivity contribution < 1.29 is 34.0 Å². The first-order chi connectivity index (χ1) is 15.9. The van der Waals surface area contributed by atoms with Gasteiger partial charge in [-0.25, -0.2) is 10.2 Å². The Morgan fingerprint density at radius 2 is 1.76 bits per heavy atom. The molecule has 33 heavy (non-hydrogen) atoms. The Bertz CT molecular complexity index is 1170. The summed E-state index contributed by atoms with van der Waals surface area (Å²) in [6.45, 7) is 2.13. The lowest BCUT2D eigenvalue weighted by molar-refractivity contribution is 0.0728. The Balaban J connectivity index is 1.70. The van der Waals surface area contributed by atoms with Crippen LogP contribution in [0.25, 0.3) is 0 Å². The van der Waals surface area contributed by atoms with Crippen LogP contribution in [-0.2, 0) is 0 Å². The van der Waals surface area contributed by atoms with Gasteiger partial charge in [0, 0.05) is 6.07 Å². The molecule has 9 heteroatoms. The molecule has 0 radical (unpaired) electrons. The number of esters is 1. The van der Waals surface area contributed by atoms with E-state index in [4.69, 9.17) is 14.2 Å². The third-order valence-corrected chi connectivity index (χ3v) is 4.40. The van der Waals surface area contributed by atoms with Crippen molar-refractivity contribution >= 4 is 18.1 Å². The van der Waals surface area contributed by atoms with Crippen LogP contribution in [-0.4, -0.2) is 42.0 Å². The molecular weight excluding hydrogens is 428 g/mol. The van der Waals surface area contributed by atoms with Gasteiger partial charge in [-0.2, -0.15) is 5.10 Å². The Morgan fingerprint density at radius 3 is 2.42 bits per heavy atom. The van der Waals surface area contributed by atoms with Crippen molar-refractivity contribution in [3.8, 4) is 28.7 Å². The zero-order valence-electron chi connectivity index (χ0n) is 17.9. The average molecular weight is 450 g/mol. The Hall–Kier alpha value is -4.53. The molecule has 3 aromatic rings. The van der Waals surface area contributed by atoms with Crippen LogP contribution in [0.1, 0.15) is 33.2 Å². The summed E-state index contributed by atoms with van der Waals surface area (Å²) in [6, 6.07) is 14.9. The third-order valence-electron chi connectivity index (χ3n) is 4.40. The summed E-state index contributed by atoms with van der Waals surface area (Å²) in [4.78, 5) is 24.6. The van der Waals surface area contributed by atoms with E-state index in [-0.39, 0.29) is 22.8 Å². The number of methoxy groups -OCH3 is 1. The number of hydrogen-bond acceptors (Lipinski definition) is 8. The molecule has 0 aliphatic carbocycles. The summed E-state index contributed by atoms with van der Waals surface area (Å²) in [6.07, 6.45) is 1.37. The minimum atomic E-state index is -0.654. The number of benzene rings is 3. The topological polar surface area (TPSA) is 127 Å². The first-order valence-corrected chi connectivity index (χ1v) is 9.89. The van der Waals surface area contributed by atoms with Gasteiger partial charge in [0.25, 0.3) is 5.91 Å². The molecule has 0 bridgehead atoms. The Labute approximate surface area is 189 Å². The van der Waals surface area contributed by atoms with Crippen molar-refractivity contribution in [1.82, 2.24) is 5.43 Å². The minimum absolute atomic E-state index is 0.0410. The van der Waals surface area contributed by atoms with Crippen molar-refractivity contribution in [3.05, 3.63) is 77.4 Å². The summed E-state index contributed by atoms with van der Waals surface area (Å²) in [7, 11) is 1.54. The van der Waals surface area contributed by atoms with E-state index in [2.05, 4.69) is 10.5 Å². The lowest BCUT2D eigenvalue weighted by atomic mass is 10.2. The molecule has 3 rings (SSSR count). The normalized spacial score (nSPS) is 10.6. The standard InChI is InChI=1S/C24H22N2O7/c1-3-32-22-12-15(14-25-26-23(29)19-10-7-17(27)13-20(19)28)4-11-21(22)33-24(30)16-5-8-18(31-2)9-6-16/h4-14,27-28H,3H2,1-2H3,(H,26,29)/b25-14+. The SMILES string of the molecule is CCOc1cc(/C=N/NC(=O)c2ccc(O)cc2O)ccc1OC(=O)c1ccc(OC)cc1. The molecule has 3 aromatic carbocycles. The molecule has 0 heterocycles. The summed E-state index contributed by atoms with van der Waals surface area (Å²) < 4.78 is 16.1. The smallest absolute Gasteiger partial charge is 0.343 e. The average Bonchev–Trinajstić information content (AvgIpc) is 2.80. The molecule has 1 amide bonds. The van der Waals surface area contributed by atoms with E-state index >= 15 is 0 Å². The van der Waals surface area contributed by atoms with Gasteiger partial charge in [0.1, 0.15) is 17.2 Å². The van der Waals surface area contributed by atoms with Crippen LogP contribution in [0.5, 0.6) is 28.7 Å². The highest BCUT2D eigenvalue weighted by Gasteiger charge is 2.14. The molecule has 0 fully saturated rings. The van der Waals surface area contributed by atoms with Gasteiger partial charge in [-0.15, -0.1) is 0 Å². The molecule has 9 nitrogen and oxygen atoms in total. The molecule has 0 aromatic heterocycles. The van der Waals surface area contributed by atoms with E-state index in [1.165, 1.54) is 25.5 Å². The first-order valence-electron chi connectivity index (χ1n) is 9.89. The predicted molar refractivity (Wildman–Crippen MR) is 120 cm³/mol. The van der Waals surface area contributed by atoms with Crippen LogP contribution in [0.2, 0.25) is 0 Å². The van der Waals surface area contributed by atoms with E-state index in [0.29, 0.717) is 29.2 Å². The number of nitrogens with one attached hydrogen (secondary N) is 1. The number of hydrogen-bond donors (Lipinski definition) is 3. The number of hydrazone groups is 1. The maximum Gasteiger partial charge on any atom is 0.343 e. The van der Waals surface area contributed by atoms with Gasteiger partial charge in [0.05, 0.1) is 31.1 Å². The monoisotopic (exact) mass is 450 g/mol.